The summed E-state index contributed by atoms with van der Waals surface area (Å²) in [7, 11) is 0. The van der Waals surface area contributed by atoms with E-state index in [0.29, 0.717) is 12.2 Å². The summed E-state index contributed by atoms with van der Waals surface area (Å²) in [5.74, 6) is 0.618. The lowest BCUT2D eigenvalue weighted by atomic mass is 10.1. The predicted molar refractivity (Wildman–Crippen MR) is 104 cm³/mol. The molecule has 0 saturated carbocycles. The number of hydrogen-bond donors (Lipinski definition) is 1. The number of anilines is 2. The minimum atomic E-state index is -0.0314. The number of thioether (sulfide) groups is 1. The summed E-state index contributed by atoms with van der Waals surface area (Å²) in [6.45, 7) is 3.93. The second kappa shape index (κ2) is 7.74. The van der Waals surface area contributed by atoms with Crippen molar-refractivity contribution in [2.24, 2.45) is 0 Å². The van der Waals surface area contributed by atoms with E-state index in [0.717, 1.165) is 23.4 Å². The zero-order valence-corrected chi connectivity index (χ0v) is 15.3. The molecular formula is C20H22N2O2S. The Kier molecular flexibility index (Phi) is 5.43. The average Bonchev–Trinajstić information content (AvgIpc) is 3.03. The first-order chi connectivity index (χ1) is 12.1. The van der Waals surface area contributed by atoms with Crippen LogP contribution in [0, 0.1) is 0 Å². The molecule has 0 spiro atoms. The van der Waals surface area contributed by atoms with Gasteiger partial charge in [0.25, 0.3) is 0 Å². The van der Waals surface area contributed by atoms with Gasteiger partial charge in [-0.1, -0.05) is 44.2 Å². The first-order valence-electron chi connectivity index (χ1n) is 8.55. The van der Waals surface area contributed by atoms with Gasteiger partial charge < -0.3 is 5.32 Å². The monoisotopic (exact) mass is 354 g/mol. The van der Waals surface area contributed by atoms with Crippen molar-refractivity contribution in [2.45, 2.75) is 32.1 Å². The van der Waals surface area contributed by atoms with Crippen LogP contribution >= 0.6 is 11.8 Å². The first kappa shape index (κ1) is 17.5. The zero-order chi connectivity index (χ0) is 17.8. The van der Waals surface area contributed by atoms with Gasteiger partial charge in [0.2, 0.25) is 11.8 Å². The molecular weight excluding hydrogens is 332 g/mol. The number of benzene rings is 2. The maximum Gasteiger partial charge on any atom is 0.238 e. The van der Waals surface area contributed by atoms with E-state index in [4.69, 9.17) is 0 Å². The van der Waals surface area contributed by atoms with Crippen LogP contribution in [0.3, 0.4) is 0 Å². The number of hydrogen-bond acceptors (Lipinski definition) is 3. The number of rotatable bonds is 5. The Morgan fingerprint density at radius 1 is 1.16 bits per heavy atom. The van der Waals surface area contributed by atoms with Crippen LogP contribution in [0.5, 0.6) is 0 Å². The lowest BCUT2D eigenvalue weighted by molar-refractivity contribution is -0.116. The summed E-state index contributed by atoms with van der Waals surface area (Å²) in [4.78, 5) is 25.9. The largest absolute Gasteiger partial charge is 0.326 e. The number of nitrogens with one attached hydrogen (secondary N) is 1. The maximum atomic E-state index is 12.5. The summed E-state index contributed by atoms with van der Waals surface area (Å²) < 4.78 is 0. The highest BCUT2D eigenvalue weighted by atomic mass is 32.2. The van der Waals surface area contributed by atoms with Crippen molar-refractivity contribution in [3.05, 3.63) is 59.7 Å². The highest BCUT2D eigenvalue weighted by Crippen LogP contribution is 2.43. The Hall–Kier alpha value is -2.27. The third-order valence-corrected chi connectivity index (χ3v) is 5.51. The van der Waals surface area contributed by atoms with Gasteiger partial charge >= 0.3 is 0 Å². The molecule has 2 aromatic rings. The summed E-state index contributed by atoms with van der Waals surface area (Å²) in [5, 5.41) is 2.82. The molecule has 1 N–H and O–H groups in total. The van der Waals surface area contributed by atoms with Gasteiger partial charge in [0.05, 0.1) is 5.75 Å². The molecule has 1 heterocycles. The average molecular weight is 354 g/mol. The predicted octanol–water partition coefficient (Wildman–Crippen LogP) is 4.38. The molecule has 25 heavy (non-hydrogen) atoms. The molecule has 1 saturated heterocycles. The van der Waals surface area contributed by atoms with E-state index in [1.54, 1.807) is 11.8 Å². The SMILES string of the molecule is CCC(=O)Nc1ccc([C@H]2SCC(=O)N2c2ccccc2CC)cc1. The normalized spacial score (nSPS) is 17.0. The van der Waals surface area contributed by atoms with Crippen LogP contribution < -0.4 is 10.2 Å². The lowest BCUT2D eigenvalue weighted by Crippen LogP contribution is -2.28. The first-order valence-corrected chi connectivity index (χ1v) is 9.60. The van der Waals surface area contributed by atoms with Gasteiger partial charge in [0, 0.05) is 17.8 Å². The van der Waals surface area contributed by atoms with E-state index in [-0.39, 0.29) is 17.2 Å². The summed E-state index contributed by atoms with van der Waals surface area (Å²) >= 11 is 1.64. The topological polar surface area (TPSA) is 49.4 Å². The highest BCUT2D eigenvalue weighted by molar-refractivity contribution is 8.00. The van der Waals surface area contributed by atoms with Crippen LogP contribution in [0.15, 0.2) is 48.5 Å². The molecule has 130 valence electrons. The van der Waals surface area contributed by atoms with Crippen molar-refractivity contribution in [3.63, 3.8) is 0 Å². The Morgan fingerprint density at radius 2 is 1.88 bits per heavy atom. The third-order valence-electron chi connectivity index (χ3n) is 4.30. The minimum absolute atomic E-state index is 0.00308. The molecule has 3 rings (SSSR count). The Bertz CT molecular complexity index is 774. The number of amides is 2. The quantitative estimate of drug-likeness (QED) is 0.867. The number of aryl methyl sites for hydroxylation is 1. The maximum absolute atomic E-state index is 12.5. The standard InChI is InChI=1S/C20H22N2O2S/c1-3-14-7-5-6-8-17(14)22-19(24)13-25-20(22)15-9-11-16(12-10-15)21-18(23)4-2/h5-12,20H,3-4,13H2,1-2H3,(H,21,23)/t20-/m1/s1. The van der Waals surface area contributed by atoms with Crippen LogP contribution in [-0.2, 0) is 16.0 Å². The summed E-state index contributed by atoms with van der Waals surface area (Å²) in [6.07, 6.45) is 1.34. The van der Waals surface area contributed by atoms with Crippen molar-refractivity contribution in [1.29, 1.82) is 0 Å². The summed E-state index contributed by atoms with van der Waals surface area (Å²) in [5.41, 5.74) is 4.02. The molecule has 4 nitrogen and oxygen atoms in total. The third kappa shape index (κ3) is 3.71. The van der Waals surface area contributed by atoms with Gasteiger partial charge in [-0.3, -0.25) is 14.5 Å². The van der Waals surface area contributed by atoms with Crippen molar-refractivity contribution in [1.82, 2.24) is 0 Å². The van der Waals surface area contributed by atoms with Crippen LogP contribution in [-0.4, -0.2) is 17.6 Å². The summed E-state index contributed by atoms with van der Waals surface area (Å²) in [6, 6.07) is 15.9. The van der Waals surface area contributed by atoms with Crippen molar-refractivity contribution in [2.75, 3.05) is 16.0 Å². The van der Waals surface area contributed by atoms with E-state index in [1.165, 1.54) is 5.56 Å². The van der Waals surface area contributed by atoms with Crippen molar-refractivity contribution < 1.29 is 9.59 Å². The van der Waals surface area contributed by atoms with Crippen LogP contribution in [0.2, 0.25) is 0 Å². The molecule has 2 aromatic carbocycles. The van der Waals surface area contributed by atoms with E-state index >= 15 is 0 Å². The van der Waals surface area contributed by atoms with E-state index in [1.807, 2.05) is 54.3 Å². The molecule has 0 radical (unpaired) electrons. The Balaban J connectivity index is 1.88. The number of nitrogens with zero attached hydrogens (tertiary/aromatic N) is 1. The fraction of sp³-hybridized carbons (Fsp3) is 0.300. The number of carbonyl (C=O) groups is 2. The molecule has 0 bridgehead atoms. The fourth-order valence-corrected chi connectivity index (χ4v) is 4.13. The van der Waals surface area contributed by atoms with Crippen LogP contribution in [0.4, 0.5) is 11.4 Å². The highest BCUT2D eigenvalue weighted by Gasteiger charge is 2.34. The number of para-hydroxylation sites is 1. The van der Waals surface area contributed by atoms with Gasteiger partial charge in [0.15, 0.2) is 0 Å². The van der Waals surface area contributed by atoms with E-state index in [2.05, 4.69) is 18.3 Å². The van der Waals surface area contributed by atoms with Gasteiger partial charge in [-0.2, -0.15) is 0 Å². The van der Waals surface area contributed by atoms with Gasteiger partial charge in [-0.05, 0) is 35.7 Å². The molecule has 5 heteroatoms. The molecule has 0 unspecified atom stereocenters. The van der Waals surface area contributed by atoms with E-state index < -0.39 is 0 Å². The smallest absolute Gasteiger partial charge is 0.238 e. The fourth-order valence-electron chi connectivity index (χ4n) is 2.96. The second-order valence-electron chi connectivity index (χ2n) is 5.93. The van der Waals surface area contributed by atoms with Gasteiger partial charge in [0.1, 0.15) is 5.37 Å². The molecule has 0 aromatic heterocycles. The van der Waals surface area contributed by atoms with Gasteiger partial charge in [-0.15, -0.1) is 11.8 Å². The molecule has 1 aliphatic rings. The minimum Gasteiger partial charge on any atom is -0.326 e. The van der Waals surface area contributed by atoms with Crippen LogP contribution in [0.25, 0.3) is 0 Å². The molecule has 1 aliphatic heterocycles. The zero-order valence-electron chi connectivity index (χ0n) is 14.5. The molecule has 0 aliphatic carbocycles. The molecule has 1 atom stereocenters. The lowest BCUT2D eigenvalue weighted by Gasteiger charge is -2.26. The molecule has 2 amide bonds. The van der Waals surface area contributed by atoms with Crippen molar-refractivity contribution in [3.8, 4) is 0 Å². The van der Waals surface area contributed by atoms with Crippen LogP contribution in [0.1, 0.15) is 36.8 Å². The second-order valence-corrected chi connectivity index (χ2v) is 7.00. The van der Waals surface area contributed by atoms with Gasteiger partial charge in [-0.25, -0.2) is 0 Å². The Morgan fingerprint density at radius 3 is 2.56 bits per heavy atom. The van der Waals surface area contributed by atoms with E-state index in [9.17, 15) is 9.59 Å². The number of carbonyl (C=O) groups excluding carboxylic acids is 2. The Labute approximate surface area is 152 Å². The van der Waals surface area contributed by atoms with Crippen molar-refractivity contribution >= 4 is 35.0 Å². The molecule has 1 fully saturated rings.